The summed E-state index contributed by atoms with van der Waals surface area (Å²) in [6.07, 6.45) is 0. The number of nitrogens with one attached hydrogen (secondary N) is 1. The maximum atomic E-state index is 11.6. The second-order valence-corrected chi connectivity index (χ2v) is 4.33. The number of halogens is 2. The molecule has 0 aliphatic heterocycles. The monoisotopic (exact) mass is 322 g/mol. The third kappa shape index (κ3) is 4.53. The third-order valence-corrected chi connectivity index (χ3v) is 2.87. The Hall–Kier alpha value is -0.780. The van der Waals surface area contributed by atoms with Gasteiger partial charge in [0.05, 0.1) is 11.6 Å². The molecule has 0 saturated heterocycles. The number of hydrogen-bond acceptors (Lipinski definition) is 3. The van der Waals surface area contributed by atoms with Crippen molar-refractivity contribution in [2.75, 3.05) is 19.0 Å². The zero-order valence-electron chi connectivity index (χ0n) is 9.70. The Bertz CT molecular complexity index is 388. The maximum Gasteiger partial charge on any atom is 0.228 e. The predicted octanol–water partition coefficient (Wildman–Crippen LogP) is 2.41. The molecule has 96 valence electrons. The lowest BCUT2D eigenvalue weighted by Crippen LogP contribution is -2.26. The van der Waals surface area contributed by atoms with Crippen LogP contribution in [0.4, 0.5) is 5.69 Å². The van der Waals surface area contributed by atoms with Gasteiger partial charge in [-0.1, -0.05) is 6.92 Å². The summed E-state index contributed by atoms with van der Waals surface area (Å²) in [5, 5.41) is 2.77. The number of hydrogen-bond donors (Lipinski definition) is 2. The minimum atomic E-state index is -0.199. The Labute approximate surface area is 115 Å². The molecule has 0 aliphatic carbocycles. The van der Waals surface area contributed by atoms with Crippen molar-refractivity contribution in [3.05, 3.63) is 22.7 Å². The second kappa shape index (κ2) is 7.53. The summed E-state index contributed by atoms with van der Waals surface area (Å²) in [7, 11) is 1.58. The molecule has 0 spiro atoms. The summed E-state index contributed by atoms with van der Waals surface area (Å²) in [5.41, 5.74) is 6.11. The number of nitrogens with two attached hydrogens (primary N) is 1. The van der Waals surface area contributed by atoms with Crippen molar-refractivity contribution in [1.29, 1.82) is 0 Å². The molecule has 0 heterocycles. The van der Waals surface area contributed by atoms with Crippen LogP contribution >= 0.6 is 28.3 Å². The molecule has 3 N–H and O–H groups in total. The van der Waals surface area contributed by atoms with Gasteiger partial charge >= 0.3 is 0 Å². The molecule has 0 aromatic heterocycles. The number of amides is 1. The van der Waals surface area contributed by atoms with E-state index in [-0.39, 0.29) is 24.2 Å². The number of carbonyl (C=O) groups excluding carboxylic acids is 1. The zero-order chi connectivity index (χ0) is 12.1. The standard InChI is InChI=1S/C11H15BrN2O2.ClH/c1-7(6-13)11(15)14-8-3-4-9(12)10(5-8)16-2;/h3-5,7H,6,13H2,1-2H3,(H,14,15);1H. The van der Waals surface area contributed by atoms with Gasteiger partial charge in [-0.3, -0.25) is 4.79 Å². The molecule has 1 amide bonds. The van der Waals surface area contributed by atoms with E-state index in [0.717, 1.165) is 4.47 Å². The number of ether oxygens (including phenoxy) is 1. The lowest BCUT2D eigenvalue weighted by Gasteiger charge is -2.11. The second-order valence-electron chi connectivity index (χ2n) is 3.48. The molecule has 0 bridgehead atoms. The normalized spacial score (nSPS) is 11.3. The molecule has 0 radical (unpaired) electrons. The summed E-state index contributed by atoms with van der Waals surface area (Å²) in [4.78, 5) is 11.6. The van der Waals surface area contributed by atoms with Crippen LogP contribution < -0.4 is 15.8 Å². The van der Waals surface area contributed by atoms with Crippen LogP contribution in [0.25, 0.3) is 0 Å². The van der Waals surface area contributed by atoms with Crippen molar-refractivity contribution in [3.8, 4) is 5.75 Å². The van der Waals surface area contributed by atoms with Gasteiger partial charge in [-0.05, 0) is 28.1 Å². The van der Waals surface area contributed by atoms with E-state index in [1.54, 1.807) is 26.2 Å². The first-order valence-electron chi connectivity index (χ1n) is 4.93. The Morgan fingerprint density at radius 3 is 2.76 bits per heavy atom. The lowest BCUT2D eigenvalue weighted by atomic mass is 10.1. The Kier molecular flexibility index (Phi) is 7.18. The van der Waals surface area contributed by atoms with E-state index >= 15 is 0 Å². The van der Waals surface area contributed by atoms with Crippen molar-refractivity contribution in [3.63, 3.8) is 0 Å². The van der Waals surface area contributed by atoms with Crippen LogP contribution in [0.1, 0.15) is 6.92 Å². The molecule has 17 heavy (non-hydrogen) atoms. The molecule has 1 atom stereocenters. The summed E-state index contributed by atoms with van der Waals surface area (Å²) in [6, 6.07) is 5.38. The molecule has 1 rings (SSSR count). The number of rotatable bonds is 4. The van der Waals surface area contributed by atoms with Gasteiger partial charge < -0.3 is 15.8 Å². The van der Waals surface area contributed by atoms with Gasteiger partial charge in [0.2, 0.25) is 5.91 Å². The minimum Gasteiger partial charge on any atom is -0.495 e. The molecular formula is C11H16BrClN2O2. The highest BCUT2D eigenvalue weighted by molar-refractivity contribution is 9.10. The molecule has 1 aromatic rings. The van der Waals surface area contributed by atoms with Crippen LogP contribution in [0.5, 0.6) is 5.75 Å². The SMILES string of the molecule is COc1cc(NC(=O)C(C)CN)ccc1Br.Cl. The molecule has 0 aliphatic rings. The molecule has 0 saturated carbocycles. The van der Waals surface area contributed by atoms with Crippen LogP contribution in [0, 0.1) is 5.92 Å². The van der Waals surface area contributed by atoms with Crippen LogP contribution in [-0.4, -0.2) is 19.6 Å². The van der Waals surface area contributed by atoms with E-state index in [4.69, 9.17) is 10.5 Å². The number of carbonyl (C=O) groups is 1. The van der Waals surface area contributed by atoms with Gasteiger partial charge in [-0.25, -0.2) is 0 Å². The summed E-state index contributed by atoms with van der Waals surface area (Å²) in [6.45, 7) is 2.12. The van der Waals surface area contributed by atoms with Gasteiger partial charge in [0.1, 0.15) is 5.75 Å². The predicted molar refractivity (Wildman–Crippen MR) is 74.8 cm³/mol. The first-order valence-corrected chi connectivity index (χ1v) is 5.72. The van der Waals surface area contributed by atoms with E-state index in [1.807, 2.05) is 6.07 Å². The molecule has 4 nitrogen and oxygen atoms in total. The average molecular weight is 324 g/mol. The zero-order valence-corrected chi connectivity index (χ0v) is 12.1. The number of anilines is 1. The molecule has 1 unspecified atom stereocenters. The Morgan fingerprint density at radius 1 is 1.59 bits per heavy atom. The van der Waals surface area contributed by atoms with Crippen LogP contribution in [0.3, 0.4) is 0 Å². The van der Waals surface area contributed by atoms with Gasteiger partial charge in [-0.2, -0.15) is 0 Å². The molecule has 0 fully saturated rings. The van der Waals surface area contributed by atoms with E-state index in [1.165, 1.54) is 0 Å². The fourth-order valence-electron chi connectivity index (χ4n) is 1.11. The molecule has 1 aromatic carbocycles. The number of methoxy groups -OCH3 is 1. The maximum absolute atomic E-state index is 11.6. The van der Waals surface area contributed by atoms with Gasteiger partial charge in [0, 0.05) is 24.2 Å². The third-order valence-electron chi connectivity index (χ3n) is 2.22. The first-order chi connectivity index (χ1) is 7.58. The average Bonchev–Trinajstić information content (AvgIpc) is 2.30. The smallest absolute Gasteiger partial charge is 0.228 e. The minimum absolute atomic E-state index is 0. The molecule has 6 heteroatoms. The van der Waals surface area contributed by atoms with Gasteiger partial charge in [0.15, 0.2) is 0 Å². The van der Waals surface area contributed by atoms with Crippen molar-refractivity contribution >= 4 is 39.9 Å². The van der Waals surface area contributed by atoms with E-state index in [0.29, 0.717) is 18.0 Å². The fourth-order valence-corrected chi connectivity index (χ4v) is 1.52. The lowest BCUT2D eigenvalue weighted by molar-refractivity contribution is -0.119. The largest absolute Gasteiger partial charge is 0.495 e. The Morgan fingerprint density at radius 2 is 2.24 bits per heavy atom. The van der Waals surface area contributed by atoms with E-state index < -0.39 is 0 Å². The fraction of sp³-hybridized carbons (Fsp3) is 0.364. The highest BCUT2D eigenvalue weighted by Crippen LogP contribution is 2.27. The van der Waals surface area contributed by atoms with Crippen LogP contribution in [0.15, 0.2) is 22.7 Å². The van der Waals surface area contributed by atoms with Crippen molar-refractivity contribution in [1.82, 2.24) is 0 Å². The van der Waals surface area contributed by atoms with Gasteiger partial charge in [0.25, 0.3) is 0 Å². The van der Waals surface area contributed by atoms with E-state index in [9.17, 15) is 4.79 Å². The summed E-state index contributed by atoms with van der Waals surface area (Å²) in [5.74, 6) is 0.389. The highest BCUT2D eigenvalue weighted by atomic mass is 79.9. The van der Waals surface area contributed by atoms with Gasteiger partial charge in [-0.15, -0.1) is 12.4 Å². The van der Waals surface area contributed by atoms with Crippen LogP contribution in [-0.2, 0) is 4.79 Å². The first kappa shape index (κ1) is 16.2. The molecular weight excluding hydrogens is 307 g/mol. The van der Waals surface area contributed by atoms with Crippen molar-refractivity contribution < 1.29 is 9.53 Å². The summed E-state index contributed by atoms with van der Waals surface area (Å²) >= 11 is 3.34. The highest BCUT2D eigenvalue weighted by Gasteiger charge is 2.11. The topological polar surface area (TPSA) is 64.3 Å². The Balaban J connectivity index is 0.00000256. The van der Waals surface area contributed by atoms with Crippen LogP contribution in [0.2, 0.25) is 0 Å². The van der Waals surface area contributed by atoms with Crippen molar-refractivity contribution in [2.45, 2.75) is 6.92 Å². The quantitative estimate of drug-likeness (QED) is 0.894. The van der Waals surface area contributed by atoms with E-state index in [2.05, 4.69) is 21.2 Å². The van der Waals surface area contributed by atoms with Crippen molar-refractivity contribution in [2.24, 2.45) is 11.7 Å². The number of benzene rings is 1. The summed E-state index contributed by atoms with van der Waals surface area (Å²) < 4.78 is 5.98.